The molecule has 0 saturated heterocycles. The van der Waals surface area contributed by atoms with Crippen LogP contribution in [0.3, 0.4) is 0 Å². The van der Waals surface area contributed by atoms with E-state index in [1.165, 1.54) is 34.9 Å². The third-order valence-electron chi connectivity index (χ3n) is 6.86. The molecule has 0 amide bonds. The molecule has 6 rings (SSSR count). The lowest BCUT2D eigenvalue weighted by Crippen LogP contribution is -2.07. The molecule has 5 aromatic rings. The normalized spacial score (nSPS) is 13.8. The van der Waals surface area contributed by atoms with Crippen molar-refractivity contribution in [3.8, 4) is 27.0 Å². The van der Waals surface area contributed by atoms with E-state index >= 15 is 0 Å². The summed E-state index contributed by atoms with van der Waals surface area (Å²) < 4.78 is 53.9. The van der Waals surface area contributed by atoms with Crippen LogP contribution in [0.1, 0.15) is 45.0 Å². The molecular formula is C28H23F2N5O4S3. The second-order valence-corrected chi connectivity index (χ2v) is 12.7. The highest BCUT2D eigenvalue weighted by molar-refractivity contribution is 7.80. The molecule has 0 spiro atoms. The molecular weight excluding hydrogens is 605 g/mol. The first-order valence-corrected chi connectivity index (χ1v) is 15.6. The van der Waals surface area contributed by atoms with Crippen LogP contribution in [0.4, 0.5) is 14.5 Å². The first-order chi connectivity index (χ1) is 20.2. The van der Waals surface area contributed by atoms with E-state index in [9.17, 15) is 22.9 Å². The smallest absolute Gasteiger partial charge is 0.355 e. The molecule has 1 saturated carbocycles. The Morgan fingerprint density at radius 2 is 2.00 bits per heavy atom. The van der Waals surface area contributed by atoms with Gasteiger partial charge in [0, 0.05) is 39.6 Å². The Morgan fingerprint density at radius 1 is 1.19 bits per heavy atom. The standard InChI is InChI=1S/C28H23F2N5O4S3/c1-14-12-31-26(41-14)18-11-17(5-6-20(18)29)25-19(8-16-4-7-22(21(30)9-16)34-42(38)39)24(10-15-2-3-15)35(33-25)28-32-23(13-40-28)27(36)37/h4-7,9,11-13,15,34H,2-3,8,10H2,1H3,(H,36,37)(H,38,39). The Balaban J connectivity index is 1.52. The van der Waals surface area contributed by atoms with Gasteiger partial charge in [-0.2, -0.15) is 5.10 Å². The zero-order valence-electron chi connectivity index (χ0n) is 22.0. The van der Waals surface area contributed by atoms with Crippen molar-refractivity contribution in [3.63, 3.8) is 0 Å². The number of carboxylic acid groups (broad SMARTS) is 1. The van der Waals surface area contributed by atoms with E-state index in [0.29, 0.717) is 44.9 Å². The van der Waals surface area contributed by atoms with E-state index in [1.54, 1.807) is 29.1 Å². The van der Waals surface area contributed by atoms with Crippen molar-refractivity contribution in [2.45, 2.75) is 32.6 Å². The summed E-state index contributed by atoms with van der Waals surface area (Å²) in [5.74, 6) is -1.86. The van der Waals surface area contributed by atoms with Crippen LogP contribution < -0.4 is 4.72 Å². The molecule has 216 valence electrons. The Morgan fingerprint density at radius 3 is 2.64 bits per heavy atom. The van der Waals surface area contributed by atoms with Crippen molar-refractivity contribution in [2.24, 2.45) is 5.92 Å². The highest BCUT2D eigenvalue weighted by atomic mass is 32.2. The number of hydrogen-bond donors (Lipinski definition) is 3. The van der Waals surface area contributed by atoms with Crippen LogP contribution in [0, 0.1) is 24.5 Å². The van der Waals surface area contributed by atoms with E-state index in [-0.39, 0.29) is 17.8 Å². The first-order valence-electron chi connectivity index (χ1n) is 12.8. The first kappa shape index (κ1) is 28.3. The van der Waals surface area contributed by atoms with Gasteiger partial charge in [0.1, 0.15) is 16.6 Å². The number of benzene rings is 2. The zero-order valence-corrected chi connectivity index (χ0v) is 24.5. The number of nitrogens with zero attached hydrogens (tertiary/aromatic N) is 4. The van der Waals surface area contributed by atoms with Crippen molar-refractivity contribution in [1.29, 1.82) is 0 Å². The van der Waals surface area contributed by atoms with Gasteiger partial charge in [-0.25, -0.2) is 32.4 Å². The van der Waals surface area contributed by atoms with Gasteiger partial charge in [-0.3, -0.25) is 9.27 Å². The molecule has 2 aromatic carbocycles. The maximum atomic E-state index is 15.0. The molecule has 0 bridgehead atoms. The molecule has 9 nitrogen and oxygen atoms in total. The fraction of sp³-hybridized carbons (Fsp3) is 0.214. The van der Waals surface area contributed by atoms with Crippen LogP contribution in [0.2, 0.25) is 0 Å². The van der Waals surface area contributed by atoms with Crippen molar-refractivity contribution >= 4 is 45.6 Å². The van der Waals surface area contributed by atoms with Crippen LogP contribution in [-0.4, -0.2) is 39.6 Å². The average molecular weight is 628 g/mol. The average Bonchev–Trinajstić information content (AvgIpc) is 3.29. The van der Waals surface area contributed by atoms with Gasteiger partial charge >= 0.3 is 5.97 Å². The van der Waals surface area contributed by atoms with E-state index in [4.69, 9.17) is 9.65 Å². The van der Waals surface area contributed by atoms with E-state index in [1.807, 2.05) is 6.92 Å². The molecule has 1 fully saturated rings. The van der Waals surface area contributed by atoms with Gasteiger partial charge in [0.2, 0.25) is 5.13 Å². The molecule has 1 aliphatic rings. The molecule has 1 unspecified atom stereocenters. The zero-order chi connectivity index (χ0) is 29.5. The topological polar surface area (TPSA) is 130 Å². The quantitative estimate of drug-likeness (QED) is 0.151. The number of hydrogen-bond acceptors (Lipinski definition) is 7. The molecule has 0 radical (unpaired) electrons. The number of thiazole rings is 2. The fourth-order valence-corrected chi connectivity index (χ4v) is 6.60. The number of rotatable bonds is 10. The summed E-state index contributed by atoms with van der Waals surface area (Å²) in [5.41, 5.74) is 3.45. The van der Waals surface area contributed by atoms with Crippen molar-refractivity contribution < 1.29 is 27.4 Å². The van der Waals surface area contributed by atoms with Crippen LogP contribution in [-0.2, 0) is 24.1 Å². The second kappa shape index (κ2) is 11.4. The summed E-state index contributed by atoms with van der Waals surface area (Å²) in [6.45, 7) is 1.89. The summed E-state index contributed by atoms with van der Waals surface area (Å²) in [7, 11) is 0. The lowest BCUT2D eigenvalue weighted by atomic mass is 9.96. The number of halogens is 2. The minimum Gasteiger partial charge on any atom is -0.476 e. The maximum Gasteiger partial charge on any atom is 0.355 e. The van der Waals surface area contributed by atoms with Crippen LogP contribution in [0.15, 0.2) is 48.0 Å². The van der Waals surface area contributed by atoms with Gasteiger partial charge in [0.05, 0.1) is 17.1 Å². The van der Waals surface area contributed by atoms with Crippen molar-refractivity contribution in [2.75, 3.05) is 4.72 Å². The SMILES string of the molecule is Cc1cnc(-c2cc(-c3nn(-c4nc(C(=O)O)cs4)c(CC4CC4)c3Cc3ccc(NS(=O)O)c(F)c3)ccc2F)s1. The third-order valence-corrected chi connectivity index (χ3v) is 9.02. The van der Waals surface area contributed by atoms with E-state index < -0.39 is 28.9 Å². The Labute approximate surface area is 249 Å². The lowest BCUT2D eigenvalue weighted by Gasteiger charge is -2.10. The highest BCUT2D eigenvalue weighted by Crippen LogP contribution is 2.39. The van der Waals surface area contributed by atoms with Crippen LogP contribution in [0.5, 0.6) is 0 Å². The number of aromatic nitrogens is 4. The second-order valence-electron chi connectivity index (χ2n) is 9.97. The third kappa shape index (κ3) is 5.88. The molecule has 1 atom stereocenters. The number of aryl methyl sites for hydroxylation is 1. The van der Waals surface area contributed by atoms with Crippen molar-refractivity contribution in [1.82, 2.24) is 19.7 Å². The predicted octanol–water partition coefficient (Wildman–Crippen LogP) is 6.50. The molecule has 14 heteroatoms. The van der Waals surface area contributed by atoms with E-state index in [0.717, 1.165) is 40.3 Å². The number of nitrogens with one attached hydrogen (secondary N) is 1. The molecule has 3 heterocycles. The van der Waals surface area contributed by atoms with Crippen molar-refractivity contribution in [3.05, 3.63) is 87.0 Å². The lowest BCUT2D eigenvalue weighted by molar-refractivity contribution is 0.0691. The van der Waals surface area contributed by atoms with Gasteiger partial charge < -0.3 is 5.11 Å². The number of aromatic carboxylic acids is 1. The fourth-order valence-electron chi connectivity index (χ4n) is 4.69. The van der Waals surface area contributed by atoms with Gasteiger partial charge in [0.25, 0.3) is 11.3 Å². The van der Waals surface area contributed by atoms with Gasteiger partial charge in [-0.1, -0.05) is 6.07 Å². The van der Waals surface area contributed by atoms with Gasteiger partial charge in [-0.05, 0) is 68.0 Å². The van der Waals surface area contributed by atoms with E-state index in [2.05, 4.69) is 14.7 Å². The summed E-state index contributed by atoms with van der Waals surface area (Å²) in [5, 5.41) is 16.7. The minimum absolute atomic E-state index is 0.0967. The van der Waals surface area contributed by atoms with Crippen LogP contribution >= 0.6 is 22.7 Å². The molecule has 42 heavy (non-hydrogen) atoms. The largest absolute Gasteiger partial charge is 0.476 e. The predicted molar refractivity (Wildman–Crippen MR) is 157 cm³/mol. The Kier molecular flexibility index (Phi) is 7.70. The molecule has 1 aliphatic carbocycles. The number of carbonyl (C=O) groups is 1. The number of carboxylic acids is 1. The minimum atomic E-state index is -2.43. The molecule has 3 aromatic heterocycles. The van der Waals surface area contributed by atoms with Crippen LogP contribution in [0.25, 0.3) is 27.0 Å². The van der Waals surface area contributed by atoms with Gasteiger partial charge in [0.15, 0.2) is 5.69 Å². The Bertz CT molecular complexity index is 1850. The Hall–Kier alpha value is -3.85. The summed E-state index contributed by atoms with van der Waals surface area (Å²) in [6.07, 6.45) is 4.65. The number of anilines is 1. The highest BCUT2D eigenvalue weighted by Gasteiger charge is 2.30. The monoisotopic (exact) mass is 627 g/mol. The maximum absolute atomic E-state index is 15.0. The summed E-state index contributed by atoms with van der Waals surface area (Å²) in [6, 6.07) is 9.03. The molecule has 0 aliphatic heterocycles. The summed E-state index contributed by atoms with van der Waals surface area (Å²) >= 11 is 0.0960. The molecule has 3 N–H and O–H groups in total. The van der Waals surface area contributed by atoms with Gasteiger partial charge in [-0.15, -0.1) is 22.7 Å². The summed E-state index contributed by atoms with van der Waals surface area (Å²) in [4.78, 5) is 21.2.